The lowest BCUT2D eigenvalue weighted by Gasteiger charge is -2.09. The standard InChI is InChI=1S/C8H10ClNO/c1-6(11-2)7-5-10-4-3-8(7)9/h3-6H,1-2H3. The maximum Gasteiger partial charge on any atom is 0.0822 e. The Morgan fingerprint density at radius 3 is 2.91 bits per heavy atom. The predicted octanol–water partition coefficient (Wildman–Crippen LogP) is 2.44. The number of hydrogen-bond donors (Lipinski definition) is 0. The van der Waals surface area contributed by atoms with Gasteiger partial charge in [-0.05, 0) is 13.0 Å². The maximum absolute atomic E-state index is 5.88. The average molecular weight is 172 g/mol. The Morgan fingerprint density at radius 1 is 1.64 bits per heavy atom. The van der Waals surface area contributed by atoms with Gasteiger partial charge in [0.1, 0.15) is 0 Å². The van der Waals surface area contributed by atoms with Gasteiger partial charge >= 0.3 is 0 Å². The number of pyridine rings is 1. The highest BCUT2D eigenvalue weighted by Crippen LogP contribution is 2.22. The molecule has 1 aromatic heterocycles. The van der Waals surface area contributed by atoms with Gasteiger partial charge < -0.3 is 4.74 Å². The van der Waals surface area contributed by atoms with E-state index in [9.17, 15) is 0 Å². The topological polar surface area (TPSA) is 22.1 Å². The smallest absolute Gasteiger partial charge is 0.0822 e. The summed E-state index contributed by atoms with van der Waals surface area (Å²) in [7, 11) is 1.65. The van der Waals surface area contributed by atoms with Gasteiger partial charge in [0.05, 0.1) is 6.10 Å². The fourth-order valence-corrected chi connectivity index (χ4v) is 1.07. The first-order valence-corrected chi connectivity index (χ1v) is 3.75. The van der Waals surface area contributed by atoms with Crippen LogP contribution in [0.3, 0.4) is 0 Å². The average Bonchev–Trinajstić information content (AvgIpc) is 2.04. The van der Waals surface area contributed by atoms with Gasteiger partial charge in [-0.3, -0.25) is 4.98 Å². The summed E-state index contributed by atoms with van der Waals surface area (Å²) in [5.74, 6) is 0. The predicted molar refractivity (Wildman–Crippen MR) is 44.7 cm³/mol. The fourth-order valence-electron chi connectivity index (χ4n) is 0.816. The lowest BCUT2D eigenvalue weighted by molar-refractivity contribution is 0.119. The zero-order chi connectivity index (χ0) is 8.27. The Bertz CT molecular complexity index is 239. The van der Waals surface area contributed by atoms with Crippen LogP contribution in [0.4, 0.5) is 0 Å². The molecule has 0 spiro atoms. The monoisotopic (exact) mass is 171 g/mol. The van der Waals surface area contributed by atoms with Crippen molar-refractivity contribution in [1.29, 1.82) is 0 Å². The summed E-state index contributed by atoms with van der Waals surface area (Å²) >= 11 is 5.88. The van der Waals surface area contributed by atoms with Gasteiger partial charge in [0.15, 0.2) is 0 Å². The molecule has 1 unspecified atom stereocenters. The lowest BCUT2D eigenvalue weighted by atomic mass is 10.2. The van der Waals surface area contributed by atoms with Crippen LogP contribution in [-0.2, 0) is 4.74 Å². The van der Waals surface area contributed by atoms with E-state index in [1.807, 2.05) is 6.92 Å². The molecule has 0 amide bonds. The minimum absolute atomic E-state index is 0.0104. The summed E-state index contributed by atoms with van der Waals surface area (Å²) < 4.78 is 5.09. The molecule has 0 fully saturated rings. The molecule has 0 saturated heterocycles. The second-order valence-corrected chi connectivity index (χ2v) is 2.68. The van der Waals surface area contributed by atoms with Crippen LogP contribution in [0, 0.1) is 0 Å². The van der Waals surface area contributed by atoms with Crippen molar-refractivity contribution < 1.29 is 4.74 Å². The number of methoxy groups -OCH3 is 1. The molecule has 0 N–H and O–H groups in total. The molecule has 3 heteroatoms. The van der Waals surface area contributed by atoms with E-state index >= 15 is 0 Å². The molecule has 60 valence electrons. The Kier molecular flexibility index (Phi) is 2.85. The molecule has 0 aromatic carbocycles. The second-order valence-electron chi connectivity index (χ2n) is 2.28. The van der Waals surface area contributed by atoms with E-state index in [1.54, 1.807) is 25.6 Å². The summed E-state index contributed by atoms with van der Waals surface area (Å²) in [5.41, 5.74) is 0.927. The summed E-state index contributed by atoms with van der Waals surface area (Å²) in [5, 5.41) is 0.703. The highest BCUT2D eigenvalue weighted by molar-refractivity contribution is 6.31. The fraction of sp³-hybridized carbons (Fsp3) is 0.375. The van der Waals surface area contributed by atoms with E-state index in [0.717, 1.165) is 5.56 Å². The molecule has 1 rings (SSSR count). The van der Waals surface area contributed by atoms with Crippen LogP contribution in [0.25, 0.3) is 0 Å². The van der Waals surface area contributed by atoms with Gasteiger partial charge in [-0.1, -0.05) is 11.6 Å². The van der Waals surface area contributed by atoms with Crippen molar-refractivity contribution in [3.05, 3.63) is 29.0 Å². The van der Waals surface area contributed by atoms with Crippen molar-refractivity contribution in [3.63, 3.8) is 0 Å². The molecular weight excluding hydrogens is 162 g/mol. The minimum atomic E-state index is 0.0104. The van der Waals surface area contributed by atoms with E-state index in [0.29, 0.717) is 5.02 Å². The number of ether oxygens (including phenoxy) is 1. The Labute approximate surface area is 71.2 Å². The number of hydrogen-bond acceptors (Lipinski definition) is 2. The Hall–Kier alpha value is -0.600. The molecule has 1 heterocycles. The Morgan fingerprint density at radius 2 is 2.36 bits per heavy atom. The number of aromatic nitrogens is 1. The third kappa shape index (κ3) is 1.91. The third-order valence-corrected chi connectivity index (χ3v) is 1.93. The number of halogens is 1. The lowest BCUT2D eigenvalue weighted by Crippen LogP contribution is -1.96. The Balaban J connectivity index is 2.93. The van der Waals surface area contributed by atoms with E-state index in [4.69, 9.17) is 16.3 Å². The molecule has 2 nitrogen and oxygen atoms in total. The van der Waals surface area contributed by atoms with E-state index in [-0.39, 0.29) is 6.10 Å². The van der Waals surface area contributed by atoms with Crippen molar-refractivity contribution >= 4 is 11.6 Å². The van der Waals surface area contributed by atoms with E-state index < -0.39 is 0 Å². The highest BCUT2D eigenvalue weighted by Gasteiger charge is 2.06. The maximum atomic E-state index is 5.88. The van der Waals surface area contributed by atoms with Gasteiger partial charge in [-0.15, -0.1) is 0 Å². The summed E-state index contributed by atoms with van der Waals surface area (Å²) in [6.45, 7) is 1.93. The molecule has 0 saturated carbocycles. The van der Waals surface area contributed by atoms with Crippen LogP contribution in [0.1, 0.15) is 18.6 Å². The molecule has 0 aliphatic carbocycles. The molecule has 1 atom stereocenters. The zero-order valence-electron chi connectivity index (χ0n) is 6.54. The molecule has 0 aliphatic heterocycles. The van der Waals surface area contributed by atoms with Crippen molar-refractivity contribution in [1.82, 2.24) is 4.98 Å². The summed E-state index contributed by atoms with van der Waals surface area (Å²) in [6.07, 6.45) is 3.39. The molecule has 0 aliphatic rings. The van der Waals surface area contributed by atoms with Gasteiger partial charge in [0.2, 0.25) is 0 Å². The normalized spacial score (nSPS) is 13.0. The largest absolute Gasteiger partial charge is 0.377 e. The summed E-state index contributed by atoms with van der Waals surface area (Å²) in [6, 6.07) is 1.76. The first-order chi connectivity index (χ1) is 5.25. The third-order valence-electron chi connectivity index (χ3n) is 1.59. The van der Waals surface area contributed by atoms with Gasteiger partial charge in [0.25, 0.3) is 0 Å². The highest BCUT2D eigenvalue weighted by atomic mass is 35.5. The van der Waals surface area contributed by atoms with Gasteiger partial charge in [-0.25, -0.2) is 0 Å². The molecule has 0 radical (unpaired) electrons. The first-order valence-electron chi connectivity index (χ1n) is 3.38. The van der Waals surface area contributed by atoms with Crippen molar-refractivity contribution in [2.45, 2.75) is 13.0 Å². The van der Waals surface area contributed by atoms with Gasteiger partial charge in [0, 0.05) is 30.1 Å². The second kappa shape index (κ2) is 3.69. The molecule has 0 bridgehead atoms. The molecular formula is C8H10ClNO. The number of rotatable bonds is 2. The van der Waals surface area contributed by atoms with Crippen molar-refractivity contribution in [2.24, 2.45) is 0 Å². The van der Waals surface area contributed by atoms with Crippen LogP contribution in [0.15, 0.2) is 18.5 Å². The van der Waals surface area contributed by atoms with Crippen LogP contribution in [-0.4, -0.2) is 12.1 Å². The summed E-state index contributed by atoms with van der Waals surface area (Å²) in [4.78, 5) is 3.95. The number of nitrogens with zero attached hydrogens (tertiary/aromatic N) is 1. The molecule has 1 aromatic rings. The van der Waals surface area contributed by atoms with Crippen molar-refractivity contribution in [2.75, 3.05) is 7.11 Å². The van der Waals surface area contributed by atoms with Crippen LogP contribution >= 0.6 is 11.6 Å². The van der Waals surface area contributed by atoms with Crippen LogP contribution < -0.4 is 0 Å². The van der Waals surface area contributed by atoms with Crippen molar-refractivity contribution in [3.8, 4) is 0 Å². The SMILES string of the molecule is COC(C)c1cnccc1Cl. The van der Waals surface area contributed by atoms with Crippen LogP contribution in [0.2, 0.25) is 5.02 Å². The van der Waals surface area contributed by atoms with Gasteiger partial charge in [-0.2, -0.15) is 0 Å². The quantitative estimate of drug-likeness (QED) is 0.682. The zero-order valence-corrected chi connectivity index (χ0v) is 7.30. The van der Waals surface area contributed by atoms with E-state index in [2.05, 4.69) is 4.98 Å². The van der Waals surface area contributed by atoms with E-state index in [1.165, 1.54) is 0 Å². The minimum Gasteiger partial charge on any atom is -0.377 e. The van der Waals surface area contributed by atoms with Crippen LogP contribution in [0.5, 0.6) is 0 Å². The molecule has 11 heavy (non-hydrogen) atoms. The first kappa shape index (κ1) is 8.50.